The number of aromatic nitrogens is 1. The van der Waals surface area contributed by atoms with Crippen LogP contribution in [0.25, 0.3) is 11.3 Å². The normalized spacial score (nSPS) is 18.1. The maximum atomic E-state index is 13.8. The standard InChI is InChI=1S/C27H30BrN3O4/c1-19-5-2-6-20(15-19)25-24(27(35-29-25)30-10-13-33-14-11-30)18-31(17-23-9-4-12-34-23)26(32)21-7-3-8-22(28)16-21/h2-3,5-8,15-16,23H,4,9-14,17-18H2,1H3/t23-/m0/s1. The molecule has 0 aliphatic carbocycles. The fraction of sp³-hybridized carbons (Fsp3) is 0.407. The molecule has 0 radical (unpaired) electrons. The van der Waals surface area contributed by atoms with Gasteiger partial charge in [-0.05, 0) is 44.0 Å². The Morgan fingerprint density at radius 3 is 2.71 bits per heavy atom. The molecule has 0 spiro atoms. The Morgan fingerprint density at radius 2 is 1.97 bits per heavy atom. The SMILES string of the molecule is Cc1cccc(-c2noc(N3CCOCC3)c2CN(C[C@@H]2CCCO2)C(=O)c2cccc(Br)c2)c1. The van der Waals surface area contributed by atoms with Crippen molar-refractivity contribution in [1.29, 1.82) is 0 Å². The summed E-state index contributed by atoms with van der Waals surface area (Å²) in [5.41, 5.74) is 4.45. The minimum absolute atomic E-state index is 0.0280. The number of nitrogens with zero attached hydrogens (tertiary/aromatic N) is 3. The van der Waals surface area contributed by atoms with Gasteiger partial charge in [0.05, 0.1) is 31.4 Å². The van der Waals surface area contributed by atoms with Crippen LogP contribution in [0.4, 0.5) is 5.88 Å². The molecule has 2 saturated heterocycles. The summed E-state index contributed by atoms with van der Waals surface area (Å²) < 4.78 is 18.3. The van der Waals surface area contributed by atoms with Crippen molar-refractivity contribution in [3.63, 3.8) is 0 Å². The molecule has 0 N–H and O–H groups in total. The maximum Gasteiger partial charge on any atom is 0.254 e. The lowest BCUT2D eigenvalue weighted by Gasteiger charge is -2.29. The Kier molecular flexibility index (Phi) is 7.51. The predicted molar refractivity (Wildman–Crippen MR) is 138 cm³/mol. The number of hydrogen-bond acceptors (Lipinski definition) is 6. The summed E-state index contributed by atoms with van der Waals surface area (Å²) in [6.45, 7) is 6.42. The number of aryl methyl sites for hydroxylation is 1. The number of carbonyl (C=O) groups excluding carboxylic acids is 1. The summed E-state index contributed by atoms with van der Waals surface area (Å²) in [5, 5.41) is 4.50. The van der Waals surface area contributed by atoms with E-state index in [4.69, 9.17) is 14.0 Å². The molecule has 0 bridgehead atoms. The van der Waals surface area contributed by atoms with Crippen molar-refractivity contribution in [2.75, 3.05) is 44.4 Å². The van der Waals surface area contributed by atoms with Crippen LogP contribution in [-0.4, -0.2) is 61.5 Å². The van der Waals surface area contributed by atoms with E-state index in [9.17, 15) is 4.79 Å². The first-order chi connectivity index (χ1) is 17.1. The number of benzene rings is 2. The number of carbonyl (C=O) groups is 1. The molecule has 1 aromatic heterocycles. The average molecular weight is 540 g/mol. The number of rotatable bonds is 7. The van der Waals surface area contributed by atoms with Crippen molar-refractivity contribution in [3.8, 4) is 11.3 Å². The smallest absolute Gasteiger partial charge is 0.254 e. The Balaban J connectivity index is 1.53. The van der Waals surface area contributed by atoms with E-state index in [2.05, 4.69) is 45.0 Å². The first-order valence-corrected chi connectivity index (χ1v) is 12.9. The highest BCUT2D eigenvalue weighted by molar-refractivity contribution is 9.10. The van der Waals surface area contributed by atoms with Crippen molar-refractivity contribution in [1.82, 2.24) is 10.1 Å². The van der Waals surface area contributed by atoms with Gasteiger partial charge < -0.3 is 23.8 Å². The van der Waals surface area contributed by atoms with E-state index < -0.39 is 0 Å². The monoisotopic (exact) mass is 539 g/mol. The van der Waals surface area contributed by atoms with E-state index in [0.29, 0.717) is 37.8 Å². The minimum atomic E-state index is -0.0360. The summed E-state index contributed by atoms with van der Waals surface area (Å²) in [6, 6.07) is 15.8. The molecular formula is C27H30BrN3O4. The second-order valence-corrected chi connectivity index (χ2v) is 10.0. The molecule has 184 valence electrons. The number of morpholine rings is 1. The van der Waals surface area contributed by atoms with Crippen LogP contribution in [0.2, 0.25) is 0 Å². The van der Waals surface area contributed by atoms with E-state index in [1.807, 2.05) is 41.3 Å². The van der Waals surface area contributed by atoms with Crippen LogP contribution in [0.15, 0.2) is 57.5 Å². The van der Waals surface area contributed by atoms with Gasteiger partial charge in [-0.1, -0.05) is 50.9 Å². The zero-order chi connectivity index (χ0) is 24.2. The topological polar surface area (TPSA) is 68.0 Å². The Labute approximate surface area is 214 Å². The Bertz CT molecular complexity index is 1170. The van der Waals surface area contributed by atoms with Gasteiger partial charge in [-0.3, -0.25) is 4.79 Å². The molecule has 2 fully saturated rings. The second-order valence-electron chi connectivity index (χ2n) is 9.11. The number of amides is 1. The highest BCUT2D eigenvalue weighted by atomic mass is 79.9. The highest BCUT2D eigenvalue weighted by Crippen LogP contribution is 2.34. The van der Waals surface area contributed by atoms with Crippen LogP contribution in [-0.2, 0) is 16.0 Å². The molecule has 1 atom stereocenters. The lowest BCUT2D eigenvalue weighted by atomic mass is 10.0. The highest BCUT2D eigenvalue weighted by Gasteiger charge is 2.30. The first kappa shape index (κ1) is 24.0. The van der Waals surface area contributed by atoms with Crippen LogP contribution < -0.4 is 4.90 Å². The third-order valence-electron chi connectivity index (χ3n) is 6.51. The summed E-state index contributed by atoms with van der Waals surface area (Å²) >= 11 is 3.50. The molecule has 0 saturated carbocycles. The minimum Gasteiger partial charge on any atom is -0.378 e. The molecule has 2 aliphatic heterocycles. The zero-order valence-corrected chi connectivity index (χ0v) is 21.5. The van der Waals surface area contributed by atoms with Gasteiger partial charge in [0.2, 0.25) is 5.88 Å². The fourth-order valence-corrected chi connectivity index (χ4v) is 5.12. The maximum absolute atomic E-state index is 13.8. The number of halogens is 1. The van der Waals surface area contributed by atoms with E-state index >= 15 is 0 Å². The van der Waals surface area contributed by atoms with Crippen LogP contribution in [0, 0.1) is 6.92 Å². The second kappa shape index (κ2) is 10.9. The zero-order valence-electron chi connectivity index (χ0n) is 19.9. The summed E-state index contributed by atoms with van der Waals surface area (Å²) in [4.78, 5) is 17.8. The average Bonchev–Trinajstić information content (AvgIpc) is 3.54. The summed E-state index contributed by atoms with van der Waals surface area (Å²) in [7, 11) is 0. The first-order valence-electron chi connectivity index (χ1n) is 12.1. The van der Waals surface area contributed by atoms with Gasteiger partial charge in [-0.25, -0.2) is 0 Å². The molecule has 2 aliphatic rings. The van der Waals surface area contributed by atoms with Gasteiger partial charge >= 0.3 is 0 Å². The van der Waals surface area contributed by atoms with Gasteiger partial charge in [0.15, 0.2) is 0 Å². The van der Waals surface area contributed by atoms with Gasteiger partial charge in [0, 0.05) is 41.8 Å². The molecule has 35 heavy (non-hydrogen) atoms. The van der Waals surface area contributed by atoms with Gasteiger partial charge in [0.25, 0.3) is 5.91 Å². The largest absolute Gasteiger partial charge is 0.378 e. The molecule has 3 heterocycles. The Hall–Kier alpha value is -2.68. The van der Waals surface area contributed by atoms with E-state index in [1.54, 1.807) is 0 Å². The third kappa shape index (κ3) is 5.60. The van der Waals surface area contributed by atoms with Gasteiger partial charge in [-0.15, -0.1) is 0 Å². The lowest BCUT2D eigenvalue weighted by Crippen LogP contribution is -2.39. The molecular weight excluding hydrogens is 510 g/mol. The van der Waals surface area contributed by atoms with Crippen molar-refractivity contribution >= 4 is 27.7 Å². The van der Waals surface area contributed by atoms with Gasteiger partial charge in [0.1, 0.15) is 5.69 Å². The summed E-state index contributed by atoms with van der Waals surface area (Å²) in [5.74, 6) is 0.676. The molecule has 7 nitrogen and oxygen atoms in total. The van der Waals surface area contributed by atoms with Crippen molar-refractivity contribution in [3.05, 3.63) is 69.7 Å². The molecule has 5 rings (SSSR count). The predicted octanol–water partition coefficient (Wildman–Crippen LogP) is 5.07. The van der Waals surface area contributed by atoms with Crippen LogP contribution in [0.3, 0.4) is 0 Å². The van der Waals surface area contributed by atoms with Crippen molar-refractivity contribution in [2.24, 2.45) is 0 Å². The lowest BCUT2D eigenvalue weighted by molar-refractivity contribution is 0.0507. The molecule has 2 aromatic carbocycles. The van der Waals surface area contributed by atoms with E-state index in [0.717, 1.165) is 59.4 Å². The van der Waals surface area contributed by atoms with E-state index in [1.165, 1.54) is 0 Å². The molecule has 3 aromatic rings. The van der Waals surface area contributed by atoms with Crippen molar-refractivity contribution < 1.29 is 18.8 Å². The molecule has 0 unspecified atom stereocenters. The molecule has 1 amide bonds. The van der Waals surface area contributed by atoms with Crippen LogP contribution >= 0.6 is 15.9 Å². The molecule has 8 heteroatoms. The number of ether oxygens (including phenoxy) is 2. The fourth-order valence-electron chi connectivity index (χ4n) is 4.73. The van der Waals surface area contributed by atoms with Crippen LogP contribution in [0.5, 0.6) is 0 Å². The third-order valence-corrected chi connectivity index (χ3v) is 7.01. The van der Waals surface area contributed by atoms with Gasteiger partial charge in [-0.2, -0.15) is 0 Å². The van der Waals surface area contributed by atoms with Crippen LogP contribution in [0.1, 0.15) is 34.3 Å². The quantitative estimate of drug-likeness (QED) is 0.417. The number of hydrogen-bond donors (Lipinski definition) is 0. The number of anilines is 1. The van der Waals surface area contributed by atoms with E-state index in [-0.39, 0.29) is 12.0 Å². The summed E-state index contributed by atoms with van der Waals surface area (Å²) in [6.07, 6.45) is 2.00. The Morgan fingerprint density at radius 1 is 1.14 bits per heavy atom. The van der Waals surface area contributed by atoms with Crippen molar-refractivity contribution in [2.45, 2.75) is 32.4 Å².